The molecular formula is C12H25NOS5Si. The van der Waals surface area contributed by atoms with E-state index in [1.807, 2.05) is 6.07 Å². The van der Waals surface area contributed by atoms with Crippen LogP contribution in [0.25, 0.3) is 10.2 Å². The van der Waals surface area contributed by atoms with Gasteiger partial charge in [-0.05, 0) is 18.6 Å². The summed E-state index contributed by atoms with van der Waals surface area (Å²) in [6, 6.07) is 8.26. The van der Waals surface area contributed by atoms with Gasteiger partial charge >= 0.3 is 0 Å². The minimum atomic E-state index is -0.799. The molecule has 1 aromatic carbocycles. The Morgan fingerprint density at radius 2 is 1.75 bits per heavy atom. The van der Waals surface area contributed by atoms with Crippen molar-refractivity contribution >= 4 is 84.3 Å². The lowest BCUT2D eigenvalue weighted by atomic mass is 10.3. The molecule has 1 atom stereocenters. The van der Waals surface area contributed by atoms with Crippen molar-refractivity contribution in [1.29, 1.82) is 0 Å². The summed E-state index contributed by atoms with van der Waals surface area (Å²) in [5.41, 5.74) is 1.61. The third kappa shape index (κ3) is 6.21. The lowest BCUT2D eigenvalue weighted by Crippen LogP contribution is -2.17. The van der Waals surface area contributed by atoms with E-state index in [-0.39, 0.29) is 60.6 Å². The van der Waals surface area contributed by atoms with Gasteiger partial charge in [0.15, 0.2) is 0 Å². The molecule has 8 heteroatoms. The average Bonchev–Trinajstić information content (AvgIpc) is 2.68. The lowest BCUT2D eigenvalue weighted by molar-refractivity contribution is 0.285. The summed E-state index contributed by atoms with van der Waals surface area (Å²) >= 11 is 1.79. The molecule has 0 saturated carbocycles. The van der Waals surface area contributed by atoms with Gasteiger partial charge in [0.1, 0.15) is 0 Å². The number of benzene rings is 1. The van der Waals surface area contributed by atoms with E-state index >= 15 is 0 Å². The van der Waals surface area contributed by atoms with Crippen molar-refractivity contribution < 1.29 is 5.11 Å². The first-order chi connectivity index (χ1) is 7.72. The minimum absolute atomic E-state index is 0. The molecule has 1 N–H and O–H groups in total. The van der Waals surface area contributed by atoms with E-state index in [2.05, 4.69) is 31.3 Å². The Morgan fingerprint density at radius 3 is 2.25 bits per heavy atom. The van der Waals surface area contributed by atoms with E-state index in [4.69, 9.17) is 10.1 Å². The zero-order chi connectivity index (χ0) is 11.5. The Morgan fingerprint density at radius 1 is 1.15 bits per heavy atom. The molecule has 0 fully saturated rings. The van der Waals surface area contributed by atoms with Crippen LogP contribution < -0.4 is 0 Å². The molecule has 0 spiro atoms. The Bertz CT molecular complexity index is 447. The molecule has 0 bridgehead atoms. The highest BCUT2D eigenvalue weighted by Crippen LogP contribution is 2.30. The van der Waals surface area contributed by atoms with Crippen molar-refractivity contribution in [3.8, 4) is 0 Å². The van der Waals surface area contributed by atoms with Crippen molar-refractivity contribution in [2.24, 2.45) is 0 Å². The predicted molar refractivity (Wildman–Crippen MR) is 114 cm³/mol. The van der Waals surface area contributed by atoms with Gasteiger partial charge in [-0.1, -0.05) is 25.2 Å². The van der Waals surface area contributed by atoms with E-state index in [0.717, 1.165) is 11.9 Å². The molecule has 2 nitrogen and oxygen atoms in total. The standard InChI is InChI=1S/C12H17NOSSi.4H2S/c1-16(2)11(7-8-14)12-13-9-5-3-4-6-10(9)15-12;;;;/h3-6,11,14,16H,7-8H2,1-2H3;4*1H2. The molecule has 1 aromatic heterocycles. The van der Waals surface area contributed by atoms with Gasteiger partial charge in [-0.25, -0.2) is 4.98 Å². The smallest absolute Gasteiger partial charge is 0.0940 e. The number of hydrogen-bond donors (Lipinski definition) is 1. The molecule has 2 aromatic rings. The van der Waals surface area contributed by atoms with Crippen LogP contribution in [0.5, 0.6) is 0 Å². The summed E-state index contributed by atoms with van der Waals surface area (Å²) in [6.45, 7) is 4.92. The number of thiazole rings is 1. The number of aliphatic hydroxyl groups is 1. The maximum Gasteiger partial charge on any atom is 0.0940 e. The number of nitrogens with zero attached hydrogens (tertiary/aromatic N) is 1. The van der Waals surface area contributed by atoms with Crippen LogP contribution in [0.2, 0.25) is 13.1 Å². The first-order valence-electron chi connectivity index (χ1n) is 5.68. The maximum absolute atomic E-state index is 9.12. The van der Waals surface area contributed by atoms with Crippen LogP contribution in [0.15, 0.2) is 24.3 Å². The van der Waals surface area contributed by atoms with Crippen molar-refractivity contribution in [1.82, 2.24) is 4.98 Å². The number of hydrogen-bond acceptors (Lipinski definition) is 3. The Kier molecular flexibility index (Phi) is 15.7. The number of aliphatic hydroxyl groups excluding tert-OH is 1. The van der Waals surface area contributed by atoms with Crippen molar-refractivity contribution in [2.45, 2.75) is 25.1 Å². The van der Waals surface area contributed by atoms with Crippen LogP contribution in [-0.4, -0.2) is 25.5 Å². The molecular weight excluding hydrogens is 363 g/mol. The Hall–Kier alpha value is 0.687. The fraction of sp³-hybridized carbons (Fsp3) is 0.417. The molecule has 1 unspecified atom stereocenters. The summed E-state index contributed by atoms with van der Waals surface area (Å²) in [7, 11) is -0.799. The monoisotopic (exact) mass is 387 g/mol. The fourth-order valence-corrected chi connectivity index (χ4v) is 5.41. The van der Waals surface area contributed by atoms with Crippen LogP contribution in [-0.2, 0) is 0 Å². The van der Waals surface area contributed by atoms with Gasteiger partial charge < -0.3 is 5.11 Å². The summed E-state index contributed by atoms with van der Waals surface area (Å²) in [6.07, 6.45) is 0.865. The van der Waals surface area contributed by atoms with Crippen LogP contribution in [0.1, 0.15) is 17.0 Å². The number of rotatable bonds is 4. The van der Waals surface area contributed by atoms with Crippen LogP contribution in [0.4, 0.5) is 0 Å². The molecule has 0 aliphatic heterocycles. The minimum Gasteiger partial charge on any atom is -0.396 e. The zero-order valence-electron chi connectivity index (χ0n) is 11.7. The third-order valence-corrected chi connectivity index (χ3v) is 6.54. The van der Waals surface area contributed by atoms with E-state index in [0.29, 0.717) is 5.54 Å². The third-order valence-electron chi connectivity index (χ3n) is 2.87. The summed E-state index contributed by atoms with van der Waals surface area (Å²) in [4.78, 5) is 4.70. The van der Waals surface area contributed by atoms with E-state index < -0.39 is 8.80 Å². The Labute approximate surface area is 154 Å². The normalized spacial score (nSPS) is 10.8. The van der Waals surface area contributed by atoms with Gasteiger partial charge in [0.05, 0.1) is 15.2 Å². The molecule has 1 heterocycles. The molecule has 0 radical (unpaired) electrons. The summed E-state index contributed by atoms with van der Waals surface area (Å²) in [5.74, 6) is 0. The van der Waals surface area contributed by atoms with Crippen molar-refractivity contribution in [2.75, 3.05) is 6.61 Å². The van der Waals surface area contributed by atoms with Crippen LogP contribution in [0.3, 0.4) is 0 Å². The summed E-state index contributed by atoms with van der Waals surface area (Å²) < 4.78 is 1.26. The molecule has 0 amide bonds. The highest BCUT2D eigenvalue weighted by Gasteiger charge is 2.20. The van der Waals surface area contributed by atoms with E-state index in [9.17, 15) is 0 Å². The highest BCUT2D eigenvalue weighted by molar-refractivity contribution is 7.59. The first-order valence-corrected chi connectivity index (χ1v) is 9.48. The predicted octanol–water partition coefficient (Wildman–Crippen LogP) is 3.24. The fourth-order valence-electron chi connectivity index (χ4n) is 1.93. The Balaban J connectivity index is -0.000000722. The molecule has 118 valence electrons. The number of para-hydroxylation sites is 1. The van der Waals surface area contributed by atoms with Crippen LogP contribution >= 0.6 is 65.3 Å². The average molecular weight is 388 g/mol. The van der Waals surface area contributed by atoms with Gasteiger partial charge in [0, 0.05) is 20.9 Å². The molecule has 0 saturated heterocycles. The van der Waals surface area contributed by atoms with Gasteiger partial charge in [0.2, 0.25) is 0 Å². The topological polar surface area (TPSA) is 33.1 Å². The molecule has 2 rings (SSSR count). The summed E-state index contributed by atoms with van der Waals surface area (Å²) in [5, 5.41) is 10.3. The van der Waals surface area contributed by atoms with Crippen LogP contribution in [0, 0.1) is 0 Å². The second kappa shape index (κ2) is 12.3. The second-order valence-corrected chi connectivity index (χ2v) is 8.74. The van der Waals surface area contributed by atoms with Gasteiger partial charge in [-0.15, -0.1) is 11.3 Å². The second-order valence-electron chi connectivity index (χ2n) is 4.38. The van der Waals surface area contributed by atoms with E-state index in [1.54, 1.807) is 11.3 Å². The first kappa shape index (κ1) is 25.6. The van der Waals surface area contributed by atoms with Gasteiger partial charge in [-0.2, -0.15) is 54.0 Å². The quantitative estimate of drug-likeness (QED) is 0.817. The van der Waals surface area contributed by atoms with Gasteiger partial charge in [0.25, 0.3) is 0 Å². The number of fused-ring (bicyclic) bond motifs is 1. The molecule has 0 aliphatic rings. The molecule has 20 heavy (non-hydrogen) atoms. The lowest BCUT2D eigenvalue weighted by Gasteiger charge is -2.15. The van der Waals surface area contributed by atoms with Gasteiger partial charge in [-0.3, -0.25) is 0 Å². The van der Waals surface area contributed by atoms with Crippen molar-refractivity contribution in [3.63, 3.8) is 0 Å². The number of aromatic nitrogens is 1. The zero-order valence-corrected chi connectivity index (χ0v) is 17.7. The van der Waals surface area contributed by atoms with Crippen molar-refractivity contribution in [3.05, 3.63) is 29.3 Å². The molecule has 0 aliphatic carbocycles. The maximum atomic E-state index is 9.12. The largest absolute Gasteiger partial charge is 0.396 e. The SMILES string of the molecule is C[SiH](C)C(CCO)c1nc2ccccc2s1.S.S.S.S. The highest BCUT2D eigenvalue weighted by atomic mass is 32.1. The van der Waals surface area contributed by atoms with E-state index in [1.165, 1.54) is 9.71 Å².